The largest absolute Gasteiger partial charge is 0.416 e. The van der Waals surface area contributed by atoms with Crippen molar-refractivity contribution in [3.8, 4) is 0 Å². The molecule has 1 saturated heterocycles. The Morgan fingerprint density at radius 2 is 1.90 bits per heavy atom. The quantitative estimate of drug-likeness (QED) is 0.696. The fourth-order valence-electron chi connectivity index (χ4n) is 4.32. The lowest BCUT2D eigenvalue weighted by Gasteiger charge is -2.33. The highest BCUT2D eigenvalue weighted by molar-refractivity contribution is 7.97. The van der Waals surface area contributed by atoms with Crippen molar-refractivity contribution in [2.45, 2.75) is 57.1 Å². The molecule has 5 nitrogen and oxygen atoms in total. The van der Waals surface area contributed by atoms with Crippen molar-refractivity contribution < 1.29 is 18.0 Å². The van der Waals surface area contributed by atoms with Crippen molar-refractivity contribution in [1.29, 1.82) is 0 Å². The number of nitrogens with zero attached hydrogens (tertiary/aromatic N) is 3. The molecule has 9 heteroatoms. The van der Waals surface area contributed by atoms with E-state index in [0.717, 1.165) is 23.9 Å². The standard InChI is InChI=1S/C21H25F3N4OS/c1-13(2)30-28-11-16-18(12-28)25-26-19(16)20(29)27-9-7-14(8-10-27)15-5-3-4-6-17(15)21(22,23)24/h3-6,13-14H,7-12H2,1-2H3,(H,25,26). The number of hydrogen-bond donors (Lipinski definition) is 1. The SMILES string of the molecule is CC(C)SN1Cc2[nH]nc(C(=O)N3CCC(c4ccccc4C(F)(F)F)CC3)c2C1. The number of H-pyrrole nitrogens is 1. The number of rotatable bonds is 4. The van der Waals surface area contributed by atoms with Crippen LogP contribution in [-0.2, 0) is 19.3 Å². The van der Waals surface area contributed by atoms with Crippen molar-refractivity contribution in [1.82, 2.24) is 19.4 Å². The highest BCUT2D eigenvalue weighted by Crippen LogP contribution is 2.39. The lowest BCUT2D eigenvalue weighted by Crippen LogP contribution is -2.38. The third-order valence-electron chi connectivity index (χ3n) is 5.67. The Bertz CT molecular complexity index is 919. The molecular weight excluding hydrogens is 413 g/mol. The topological polar surface area (TPSA) is 52.2 Å². The van der Waals surface area contributed by atoms with Crippen LogP contribution in [0.3, 0.4) is 0 Å². The molecule has 1 aromatic carbocycles. The lowest BCUT2D eigenvalue weighted by molar-refractivity contribution is -0.138. The zero-order valence-corrected chi connectivity index (χ0v) is 17.8. The van der Waals surface area contributed by atoms with Gasteiger partial charge in [-0.25, -0.2) is 4.31 Å². The average Bonchev–Trinajstić information content (AvgIpc) is 3.26. The summed E-state index contributed by atoms with van der Waals surface area (Å²) in [7, 11) is 0. The summed E-state index contributed by atoms with van der Waals surface area (Å²) in [6.07, 6.45) is -3.33. The smallest absolute Gasteiger partial charge is 0.337 e. The summed E-state index contributed by atoms with van der Waals surface area (Å²) in [5, 5.41) is 7.70. The van der Waals surface area contributed by atoms with E-state index in [9.17, 15) is 18.0 Å². The molecule has 1 aromatic heterocycles. The third kappa shape index (κ3) is 4.23. The molecule has 4 rings (SSSR count). The molecule has 0 saturated carbocycles. The molecule has 2 aliphatic heterocycles. The van der Waals surface area contributed by atoms with Crippen LogP contribution in [0, 0.1) is 0 Å². The van der Waals surface area contributed by atoms with Gasteiger partial charge in [0.05, 0.1) is 17.8 Å². The first kappa shape index (κ1) is 21.2. The van der Waals surface area contributed by atoms with E-state index in [2.05, 4.69) is 28.4 Å². The zero-order chi connectivity index (χ0) is 21.5. The van der Waals surface area contributed by atoms with Crippen LogP contribution in [0.1, 0.15) is 65.5 Å². The van der Waals surface area contributed by atoms with Crippen molar-refractivity contribution in [2.75, 3.05) is 13.1 Å². The van der Waals surface area contributed by atoms with Crippen LogP contribution in [-0.4, -0.2) is 43.6 Å². The maximum atomic E-state index is 13.3. The second-order valence-corrected chi connectivity index (χ2v) is 9.80. The predicted octanol–water partition coefficient (Wildman–Crippen LogP) is 4.82. The second kappa shape index (κ2) is 8.26. The van der Waals surface area contributed by atoms with Crippen LogP contribution in [0.15, 0.2) is 24.3 Å². The number of halogens is 3. The van der Waals surface area contributed by atoms with Crippen LogP contribution in [0.5, 0.6) is 0 Å². The normalized spacial score (nSPS) is 18.3. The molecule has 0 spiro atoms. The second-order valence-electron chi connectivity index (χ2n) is 8.13. The Morgan fingerprint density at radius 1 is 1.20 bits per heavy atom. The maximum absolute atomic E-state index is 13.3. The van der Waals surface area contributed by atoms with Gasteiger partial charge < -0.3 is 4.90 Å². The first-order chi connectivity index (χ1) is 14.2. The Balaban J connectivity index is 1.43. The number of benzene rings is 1. The van der Waals surface area contributed by atoms with E-state index in [1.54, 1.807) is 29.0 Å². The van der Waals surface area contributed by atoms with Crippen LogP contribution in [0.2, 0.25) is 0 Å². The summed E-state index contributed by atoms with van der Waals surface area (Å²) in [6.45, 7) is 6.52. The molecule has 162 valence electrons. The van der Waals surface area contributed by atoms with E-state index in [0.29, 0.717) is 49.0 Å². The van der Waals surface area contributed by atoms with Crippen molar-refractivity contribution >= 4 is 17.9 Å². The average molecular weight is 439 g/mol. The van der Waals surface area contributed by atoms with Gasteiger partial charge in [0, 0.05) is 30.4 Å². The van der Waals surface area contributed by atoms with E-state index < -0.39 is 11.7 Å². The van der Waals surface area contributed by atoms with Gasteiger partial charge in [-0.1, -0.05) is 44.0 Å². The lowest BCUT2D eigenvalue weighted by atomic mass is 9.86. The molecular formula is C21H25F3N4OS. The molecule has 2 aliphatic rings. The first-order valence-corrected chi connectivity index (χ1v) is 11.0. The molecule has 30 heavy (non-hydrogen) atoms. The van der Waals surface area contributed by atoms with E-state index in [-0.39, 0.29) is 11.8 Å². The van der Waals surface area contributed by atoms with E-state index in [1.807, 2.05) is 0 Å². The highest BCUT2D eigenvalue weighted by atomic mass is 32.2. The molecule has 0 bridgehead atoms. The van der Waals surface area contributed by atoms with Crippen LogP contribution >= 0.6 is 11.9 Å². The molecule has 0 unspecified atom stereocenters. The number of nitrogens with one attached hydrogen (secondary N) is 1. The van der Waals surface area contributed by atoms with Crippen molar-refractivity contribution in [3.63, 3.8) is 0 Å². The van der Waals surface area contributed by atoms with Gasteiger partial charge in [0.25, 0.3) is 5.91 Å². The molecule has 0 radical (unpaired) electrons. The summed E-state index contributed by atoms with van der Waals surface area (Å²) in [4.78, 5) is 14.8. The van der Waals surface area contributed by atoms with Crippen LogP contribution in [0.25, 0.3) is 0 Å². The molecule has 0 atom stereocenters. The molecule has 1 fully saturated rings. The number of likely N-dealkylation sites (tertiary alicyclic amines) is 1. The van der Waals surface area contributed by atoms with Crippen LogP contribution < -0.4 is 0 Å². The Labute approximate surface area is 178 Å². The predicted molar refractivity (Wildman–Crippen MR) is 110 cm³/mol. The summed E-state index contributed by atoms with van der Waals surface area (Å²) < 4.78 is 42.3. The van der Waals surface area contributed by atoms with Gasteiger partial charge in [-0.2, -0.15) is 18.3 Å². The molecule has 0 aliphatic carbocycles. The van der Waals surface area contributed by atoms with Gasteiger partial charge in [-0.15, -0.1) is 0 Å². The Kier molecular flexibility index (Phi) is 5.85. The first-order valence-electron chi connectivity index (χ1n) is 10.2. The number of aromatic nitrogens is 2. The van der Waals surface area contributed by atoms with Crippen LogP contribution in [0.4, 0.5) is 13.2 Å². The molecule has 1 N–H and O–H groups in total. The van der Waals surface area contributed by atoms with E-state index in [4.69, 9.17) is 0 Å². The van der Waals surface area contributed by atoms with E-state index >= 15 is 0 Å². The minimum atomic E-state index is -4.36. The summed E-state index contributed by atoms with van der Waals surface area (Å²) in [5.74, 6) is -0.332. The number of piperidine rings is 1. The molecule has 1 amide bonds. The Hall–Kier alpha value is -2.00. The van der Waals surface area contributed by atoms with E-state index in [1.165, 1.54) is 6.07 Å². The van der Waals surface area contributed by atoms with Gasteiger partial charge in [0.2, 0.25) is 0 Å². The summed E-state index contributed by atoms with van der Waals surface area (Å²) in [5.41, 5.74) is 2.13. The maximum Gasteiger partial charge on any atom is 0.416 e. The zero-order valence-electron chi connectivity index (χ0n) is 17.0. The number of alkyl halides is 3. The fourth-order valence-corrected chi connectivity index (χ4v) is 5.32. The monoisotopic (exact) mass is 438 g/mol. The number of amides is 1. The Morgan fingerprint density at radius 3 is 2.57 bits per heavy atom. The van der Waals surface area contributed by atoms with Crippen molar-refractivity contribution in [3.05, 3.63) is 52.3 Å². The fraction of sp³-hybridized carbons (Fsp3) is 0.524. The van der Waals surface area contributed by atoms with Gasteiger partial charge in [-0.05, 0) is 30.4 Å². The number of fused-ring (bicyclic) bond motifs is 1. The molecule has 2 aromatic rings. The third-order valence-corrected chi connectivity index (χ3v) is 6.65. The van der Waals surface area contributed by atoms with Crippen molar-refractivity contribution in [2.24, 2.45) is 0 Å². The summed E-state index contributed by atoms with van der Waals surface area (Å²) >= 11 is 1.75. The minimum Gasteiger partial charge on any atom is -0.337 e. The number of aromatic amines is 1. The summed E-state index contributed by atoms with van der Waals surface area (Å²) in [6, 6.07) is 5.77. The number of carbonyl (C=O) groups is 1. The number of carbonyl (C=O) groups excluding carboxylic acids is 1. The molecule has 3 heterocycles. The minimum absolute atomic E-state index is 0.133. The van der Waals surface area contributed by atoms with Gasteiger partial charge >= 0.3 is 6.18 Å². The van der Waals surface area contributed by atoms with Gasteiger partial charge in [-0.3, -0.25) is 9.89 Å². The van der Waals surface area contributed by atoms with Gasteiger partial charge in [0.1, 0.15) is 0 Å². The highest BCUT2D eigenvalue weighted by Gasteiger charge is 2.37. The number of hydrogen-bond acceptors (Lipinski definition) is 4. The van der Waals surface area contributed by atoms with Gasteiger partial charge in [0.15, 0.2) is 5.69 Å².